The molecule has 0 bridgehead atoms. The van der Waals surface area contributed by atoms with E-state index in [0.717, 1.165) is 12.8 Å². The quantitative estimate of drug-likeness (QED) is 0.675. The van der Waals surface area contributed by atoms with Crippen molar-refractivity contribution in [3.8, 4) is 0 Å². The van der Waals surface area contributed by atoms with Gasteiger partial charge in [-0.2, -0.15) is 0 Å². The minimum atomic E-state index is -0.628. The van der Waals surface area contributed by atoms with Crippen molar-refractivity contribution >= 4 is 22.7 Å². The predicted molar refractivity (Wildman–Crippen MR) is 113 cm³/mol. The van der Waals surface area contributed by atoms with Crippen molar-refractivity contribution in [3.63, 3.8) is 0 Å². The third kappa shape index (κ3) is 4.55. The minimum Gasteiger partial charge on any atom is -0.366 e. The van der Waals surface area contributed by atoms with Gasteiger partial charge in [0.25, 0.3) is 5.91 Å². The molecule has 2 heterocycles. The van der Waals surface area contributed by atoms with Crippen LogP contribution in [0.25, 0.3) is 10.9 Å². The summed E-state index contributed by atoms with van der Waals surface area (Å²) in [6.45, 7) is 1.02. The predicted octanol–water partition coefficient (Wildman–Crippen LogP) is 3.95. The summed E-state index contributed by atoms with van der Waals surface area (Å²) in [5.74, 6) is -1.56. The van der Waals surface area contributed by atoms with Gasteiger partial charge in [-0.15, -0.1) is 0 Å². The first-order chi connectivity index (χ1) is 14.9. The van der Waals surface area contributed by atoms with Crippen LogP contribution in [0.2, 0.25) is 0 Å². The Morgan fingerprint density at radius 2 is 1.94 bits per heavy atom. The molecule has 1 aliphatic rings. The lowest BCUT2D eigenvalue weighted by Gasteiger charge is -2.33. The van der Waals surface area contributed by atoms with Crippen molar-refractivity contribution in [3.05, 3.63) is 77.0 Å². The Morgan fingerprint density at radius 1 is 1.13 bits per heavy atom. The van der Waals surface area contributed by atoms with Crippen LogP contribution < -0.4 is 5.73 Å². The van der Waals surface area contributed by atoms with Gasteiger partial charge in [0.2, 0.25) is 5.91 Å². The number of nitrogens with two attached hydrogens (primary N) is 1. The molecule has 0 unspecified atom stereocenters. The summed E-state index contributed by atoms with van der Waals surface area (Å²) in [7, 11) is 0. The molecule has 1 aliphatic heterocycles. The number of nitrogens with zero attached hydrogens (tertiary/aromatic N) is 2. The van der Waals surface area contributed by atoms with Crippen molar-refractivity contribution in [1.82, 2.24) is 9.88 Å². The first-order valence-electron chi connectivity index (χ1n) is 10.3. The Bertz CT molecular complexity index is 1150. The van der Waals surface area contributed by atoms with E-state index >= 15 is 0 Å². The third-order valence-corrected chi connectivity index (χ3v) is 5.80. The number of aromatic nitrogens is 1. The molecule has 5 nitrogen and oxygen atoms in total. The number of halogens is 2. The number of carbonyl (C=O) groups excluding carboxylic acids is 2. The summed E-state index contributed by atoms with van der Waals surface area (Å²) < 4.78 is 27.4. The average molecular weight is 423 g/mol. The molecule has 7 heteroatoms. The van der Waals surface area contributed by atoms with Gasteiger partial charge in [0.05, 0.1) is 16.8 Å². The van der Waals surface area contributed by atoms with E-state index in [1.807, 2.05) is 0 Å². The third-order valence-electron chi connectivity index (χ3n) is 5.80. The van der Waals surface area contributed by atoms with E-state index in [1.54, 1.807) is 35.2 Å². The number of fused-ring (bicyclic) bond motifs is 1. The lowest BCUT2D eigenvalue weighted by molar-refractivity contribution is -0.132. The van der Waals surface area contributed by atoms with Crippen molar-refractivity contribution in [2.24, 2.45) is 5.73 Å². The fourth-order valence-corrected chi connectivity index (χ4v) is 4.20. The van der Waals surface area contributed by atoms with Crippen LogP contribution in [0, 0.1) is 11.6 Å². The SMILES string of the molecule is NC(=O)c1cc2cc(F)ccc2nc1[C@@H]1CCCN(C(=O)CCc2ccccc2F)C1. The van der Waals surface area contributed by atoms with Gasteiger partial charge in [-0.25, -0.2) is 8.78 Å². The van der Waals surface area contributed by atoms with Gasteiger partial charge >= 0.3 is 0 Å². The van der Waals surface area contributed by atoms with Crippen LogP contribution >= 0.6 is 0 Å². The molecule has 0 radical (unpaired) electrons. The molecule has 1 saturated heterocycles. The zero-order chi connectivity index (χ0) is 22.0. The average Bonchev–Trinajstić information content (AvgIpc) is 2.77. The lowest BCUT2D eigenvalue weighted by Crippen LogP contribution is -2.40. The summed E-state index contributed by atoms with van der Waals surface area (Å²) in [4.78, 5) is 31.2. The number of primary amides is 1. The summed E-state index contributed by atoms with van der Waals surface area (Å²) in [5.41, 5.74) is 7.47. The van der Waals surface area contributed by atoms with Crippen LogP contribution in [-0.4, -0.2) is 34.8 Å². The van der Waals surface area contributed by atoms with E-state index in [4.69, 9.17) is 5.73 Å². The van der Waals surface area contributed by atoms with E-state index in [2.05, 4.69) is 4.98 Å². The Labute approximate surface area is 178 Å². The van der Waals surface area contributed by atoms with Gasteiger partial charge in [0.15, 0.2) is 0 Å². The smallest absolute Gasteiger partial charge is 0.250 e. The van der Waals surface area contributed by atoms with E-state index in [9.17, 15) is 18.4 Å². The number of likely N-dealkylation sites (tertiary alicyclic amines) is 1. The van der Waals surface area contributed by atoms with E-state index in [0.29, 0.717) is 41.7 Å². The molecule has 2 aromatic carbocycles. The van der Waals surface area contributed by atoms with Gasteiger partial charge in [-0.1, -0.05) is 18.2 Å². The minimum absolute atomic E-state index is 0.0589. The van der Waals surface area contributed by atoms with E-state index < -0.39 is 11.7 Å². The Balaban J connectivity index is 1.54. The van der Waals surface area contributed by atoms with Gasteiger partial charge in [-0.3, -0.25) is 14.6 Å². The molecule has 31 heavy (non-hydrogen) atoms. The maximum atomic E-state index is 13.8. The Hall–Kier alpha value is -3.35. The lowest BCUT2D eigenvalue weighted by atomic mass is 9.90. The zero-order valence-electron chi connectivity index (χ0n) is 17.0. The number of benzene rings is 2. The molecule has 160 valence electrons. The second kappa shape index (κ2) is 8.79. The van der Waals surface area contributed by atoms with Gasteiger partial charge in [0.1, 0.15) is 11.6 Å². The van der Waals surface area contributed by atoms with Gasteiger partial charge in [0, 0.05) is 30.8 Å². The standard InChI is InChI=1S/C24H23F2N3O2/c25-18-8-9-21-17(12-18)13-19(24(27)31)23(28-21)16-5-3-11-29(14-16)22(30)10-7-15-4-1-2-6-20(15)26/h1-2,4,6,8-9,12-13,16H,3,5,7,10-11,14H2,(H2,27,31)/t16-/m1/s1. The highest BCUT2D eigenvalue weighted by molar-refractivity contribution is 5.97. The van der Waals surface area contributed by atoms with Crippen LogP contribution in [0.15, 0.2) is 48.5 Å². The normalized spacial score (nSPS) is 16.5. The molecule has 0 saturated carbocycles. The number of carbonyl (C=O) groups is 2. The number of pyridine rings is 1. The monoisotopic (exact) mass is 423 g/mol. The maximum Gasteiger partial charge on any atom is 0.250 e. The molecule has 0 aliphatic carbocycles. The molecule has 4 rings (SSSR count). The van der Waals surface area contributed by atoms with Gasteiger partial charge in [-0.05, 0) is 55.2 Å². The number of hydrogen-bond acceptors (Lipinski definition) is 3. The van der Waals surface area contributed by atoms with Gasteiger partial charge < -0.3 is 10.6 Å². The first kappa shape index (κ1) is 20.9. The molecule has 1 aromatic heterocycles. The summed E-state index contributed by atoms with van der Waals surface area (Å²) in [6.07, 6.45) is 2.06. The first-order valence-corrected chi connectivity index (χ1v) is 10.3. The molecule has 2 N–H and O–H groups in total. The Kier molecular flexibility index (Phi) is 5.93. The number of aryl methyl sites for hydroxylation is 1. The van der Waals surface area contributed by atoms with Crippen molar-refractivity contribution in [1.29, 1.82) is 0 Å². The molecule has 1 atom stereocenters. The molecule has 2 amide bonds. The molecule has 3 aromatic rings. The van der Waals surface area contributed by atoms with Crippen LogP contribution in [0.5, 0.6) is 0 Å². The topological polar surface area (TPSA) is 76.3 Å². The van der Waals surface area contributed by atoms with Crippen molar-refractivity contribution in [2.75, 3.05) is 13.1 Å². The highest BCUT2D eigenvalue weighted by atomic mass is 19.1. The molecule has 1 fully saturated rings. The zero-order valence-corrected chi connectivity index (χ0v) is 17.0. The Morgan fingerprint density at radius 3 is 2.71 bits per heavy atom. The van der Waals surface area contributed by atoms with Crippen molar-refractivity contribution in [2.45, 2.75) is 31.6 Å². The van der Waals surface area contributed by atoms with E-state index in [1.165, 1.54) is 18.2 Å². The van der Waals surface area contributed by atoms with E-state index in [-0.39, 0.29) is 29.6 Å². The van der Waals surface area contributed by atoms with Crippen LogP contribution in [0.1, 0.15) is 46.8 Å². The molecular formula is C24H23F2N3O2. The highest BCUT2D eigenvalue weighted by Gasteiger charge is 2.28. The molecular weight excluding hydrogens is 400 g/mol. The van der Waals surface area contributed by atoms with Crippen LogP contribution in [0.3, 0.4) is 0 Å². The number of hydrogen-bond donors (Lipinski definition) is 1. The second-order valence-corrected chi connectivity index (χ2v) is 7.89. The molecule has 0 spiro atoms. The second-order valence-electron chi connectivity index (χ2n) is 7.89. The van der Waals surface area contributed by atoms with Crippen LogP contribution in [-0.2, 0) is 11.2 Å². The summed E-state index contributed by atoms with van der Waals surface area (Å²) in [6, 6.07) is 12.2. The summed E-state index contributed by atoms with van der Waals surface area (Å²) in [5, 5.41) is 0.506. The number of piperidine rings is 1. The fourth-order valence-electron chi connectivity index (χ4n) is 4.20. The number of rotatable bonds is 5. The summed E-state index contributed by atoms with van der Waals surface area (Å²) >= 11 is 0. The highest BCUT2D eigenvalue weighted by Crippen LogP contribution is 2.30. The fraction of sp³-hybridized carbons (Fsp3) is 0.292. The number of amides is 2. The largest absolute Gasteiger partial charge is 0.366 e. The maximum absolute atomic E-state index is 13.8. The van der Waals surface area contributed by atoms with Crippen LogP contribution in [0.4, 0.5) is 8.78 Å². The van der Waals surface area contributed by atoms with Crippen molar-refractivity contribution < 1.29 is 18.4 Å².